The molecular formula is C18H17F4NO. The molecule has 1 heterocycles. The van der Waals surface area contributed by atoms with Crippen molar-refractivity contribution in [1.29, 1.82) is 0 Å². The van der Waals surface area contributed by atoms with Crippen LogP contribution in [0.4, 0.5) is 17.6 Å². The molecule has 128 valence electrons. The molecule has 2 aromatic rings. The molecule has 0 spiro atoms. The van der Waals surface area contributed by atoms with Gasteiger partial charge in [0.1, 0.15) is 11.6 Å². The van der Waals surface area contributed by atoms with Gasteiger partial charge in [0.05, 0.1) is 0 Å². The molecule has 0 aliphatic carbocycles. The first kappa shape index (κ1) is 16.8. The van der Waals surface area contributed by atoms with E-state index in [0.717, 1.165) is 31.5 Å². The topological polar surface area (TPSA) is 21.3 Å². The summed E-state index contributed by atoms with van der Waals surface area (Å²) in [5.41, 5.74) is 1.93. The van der Waals surface area contributed by atoms with E-state index in [0.29, 0.717) is 11.1 Å². The van der Waals surface area contributed by atoms with Crippen molar-refractivity contribution in [1.82, 2.24) is 5.32 Å². The molecule has 1 saturated heterocycles. The molecule has 0 unspecified atom stereocenters. The van der Waals surface area contributed by atoms with E-state index >= 15 is 0 Å². The summed E-state index contributed by atoms with van der Waals surface area (Å²) in [5, 5.41) is 3.26. The number of rotatable bonds is 3. The highest BCUT2D eigenvalue weighted by Crippen LogP contribution is 2.32. The molecule has 6 heteroatoms. The molecule has 1 fully saturated rings. The largest absolute Gasteiger partial charge is 0.573 e. The zero-order chi connectivity index (χ0) is 17.2. The molecule has 24 heavy (non-hydrogen) atoms. The molecule has 3 rings (SSSR count). The number of hydrogen-bond donors (Lipinski definition) is 1. The van der Waals surface area contributed by atoms with Crippen LogP contribution < -0.4 is 10.1 Å². The van der Waals surface area contributed by atoms with Gasteiger partial charge in [0.15, 0.2) is 0 Å². The average molecular weight is 339 g/mol. The van der Waals surface area contributed by atoms with E-state index in [-0.39, 0.29) is 17.5 Å². The molecule has 0 saturated carbocycles. The maximum Gasteiger partial charge on any atom is 0.573 e. The molecule has 1 aliphatic heterocycles. The van der Waals surface area contributed by atoms with Gasteiger partial charge in [0.25, 0.3) is 0 Å². The van der Waals surface area contributed by atoms with Crippen LogP contribution in [0.5, 0.6) is 5.75 Å². The van der Waals surface area contributed by atoms with Gasteiger partial charge in [-0.3, -0.25) is 0 Å². The van der Waals surface area contributed by atoms with Crippen molar-refractivity contribution in [3.05, 3.63) is 53.8 Å². The molecule has 0 atom stereocenters. The Bertz CT molecular complexity index is 708. The van der Waals surface area contributed by atoms with Gasteiger partial charge in [-0.25, -0.2) is 4.39 Å². The van der Waals surface area contributed by atoms with Gasteiger partial charge in [-0.15, -0.1) is 13.2 Å². The first-order chi connectivity index (χ1) is 11.4. The van der Waals surface area contributed by atoms with Crippen LogP contribution in [-0.2, 0) is 0 Å². The molecular weight excluding hydrogens is 322 g/mol. The number of benzene rings is 2. The Morgan fingerprint density at radius 1 is 0.958 bits per heavy atom. The highest BCUT2D eigenvalue weighted by molar-refractivity contribution is 5.66. The zero-order valence-electron chi connectivity index (χ0n) is 12.9. The molecule has 2 nitrogen and oxygen atoms in total. The van der Waals surface area contributed by atoms with Crippen LogP contribution in [0.1, 0.15) is 24.3 Å². The highest BCUT2D eigenvalue weighted by atomic mass is 19.4. The van der Waals surface area contributed by atoms with Gasteiger partial charge in [0.2, 0.25) is 0 Å². The minimum atomic E-state index is -4.75. The van der Waals surface area contributed by atoms with Crippen LogP contribution in [-0.4, -0.2) is 19.5 Å². The monoisotopic (exact) mass is 339 g/mol. The minimum Gasteiger partial charge on any atom is -0.406 e. The van der Waals surface area contributed by atoms with Crippen molar-refractivity contribution in [2.75, 3.05) is 13.1 Å². The molecule has 2 aromatic carbocycles. The van der Waals surface area contributed by atoms with Crippen molar-refractivity contribution in [2.24, 2.45) is 0 Å². The highest BCUT2D eigenvalue weighted by Gasteiger charge is 2.31. The Balaban J connectivity index is 1.91. The van der Waals surface area contributed by atoms with Crippen LogP contribution in [0.2, 0.25) is 0 Å². The lowest BCUT2D eigenvalue weighted by atomic mass is 9.88. The smallest absolute Gasteiger partial charge is 0.406 e. The number of ether oxygens (including phenoxy) is 1. The second-order valence-corrected chi connectivity index (χ2v) is 5.87. The van der Waals surface area contributed by atoms with Gasteiger partial charge in [-0.2, -0.15) is 0 Å². The number of halogens is 4. The van der Waals surface area contributed by atoms with Crippen molar-refractivity contribution < 1.29 is 22.3 Å². The van der Waals surface area contributed by atoms with Gasteiger partial charge in [0, 0.05) is 0 Å². The number of alkyl halides is 3. The summed E-state index contributed by atoms with van der Waals surface area (Å²) in [4.78, 5) is 0. The lowest BCUT2D eigenvalue weighted by Crippen LogP contribution is -2.26. The summed E-state index contributed by atoms with van der Waals surface area (Å²) in [5.74, 6) is -0.439. The van der Waals surface area contributed by atoms with Crippen LogP contribution in [0, 0.1) is 5.82 Å². The average Bonchev–Trinajstić information content (AvgIpc) is 2.54. The Kier molecular flexibility index (Phi) is 4.76. The van der Waals surface area contributed by atoms with Crippen LogP contribution >= 0.6 is 0 Å². The Morgan fingerprint density at radius 2 is 1.71 bits per heavy atom. The Labute approximate surface area is 137 Å². The van der Waals surface area contributed by atoms with E-state index in [9.17, 15) is 17.6 Å². The quantitative estimate of drug-likeness (QED) is 0.807. The molecule has 0 radical (unpaired) electrons. The molecule has 0 bridgehead atoms. The fourth-order valence-corrected chi connectivity index (χ4v) is 3.04. The Morgan fingerprint density at radius 3 is 2.42 bits per heavy atom. The summed E-state index contributed by atoms with van der Waals surface area (Å²) < 4.78 is 55.0. The third-order valence-corrected chi connectivity index (χ3v) is 4.13. The zero-order valence-corrected chi connectivity index (χ0v) is 12.9. The fraction of sp³-hybridized carbons (Fsp3) is 0.333. The first-order valence-electron chi connectivity index (χ1n) is 7.78. The van der Waals surface area contributed by atoms with Crippen LogP contribution in [0.3, 0.4) is 0 Å². The normalized spacial score (nSPS) is 16.2. The standard InChI is InChI=1S/C18H17F4NO/c19-16-9-14(12-4-6-23-7-5-12)8-15(10-16)13-2-1-3-17(11-13)24-18(20,21)22/h1-3,8-12,23H,4-7H2. The third-order valence-electron chi connectivity index (χ3n) is 4.13. The van der Waals surface area contributed by atoms with Crippen LogP contribution in [0.15, 0.2) is 42.5 Å². The van der Waals surface area contributed by atoms with E-state index in [1.54, 1.807) is 6.07 Å². The SMILES string of the molecule is Fc1cc(-c2cccc(OC(F)(F)F)c2)cc(C2CCNCC2)c1. The lowest BCUT2D eigenvalue weighted by Gasteiger charge is -2.23. The van der Waals surface area contributed by atoms with Crippen molar-refractivity contribution >= 4 is 0 Å². The summed E-state index contributed by atoms with van der Waals surface area (Å²) in [7, 11) is 0. The van der Waals surface area contributed by atoms with Gasteiger partial charge in [-0.1, -0.05) is 18.2 Å². The minimum absolute atomic E-state index is 0.260. The summed E-state index contributed by atoms with van der Waals surface area (Å²) in [6, 6.07) is 10.3. The van der Waals surface area contributed by atoms with Crippen molar-refractivity contribution in [3.8, 4) is 16.9 Å². The summed E-state index contributed by atoms with van der Waals surface area (Å²) >= 11 is 0. The lowest BCUT2D eigenvalue weighted by molar-refractivity contribution is -0.274. The van der Waals surface area contributed by atoms with E-state index in [1.165, 1.54) is 30.3 Å². The van der Waals surface area contributed by atoms with Gasteiger partial charge in [-0.05, 0) is 72.8 Å². The maximum atomic E-state index is 14.0. The molecule has 0 amide bonds. The van der Waals surface area contributed by atoms with Gasteiger partial charge >= 0.3 is 6.36 Å². The molecule has 0 aromatic heterocycles. The second kappa shape index (κ2) is 6.81. The second-order valence-electron chi connectivity index (χ2n) is 5.87. The summed E-state index contributed by atoms with van der Waals surface area (Å²) in [6.45, 7) is 1.76. The number of hydrogen-bond acceptors (Lipinski definition) is 2. The van der Waals surface area contributed by atoms with E-state index in [1.807, 2.05) is 6.07 Å². The number of piperidine rings is 1. The van der Waals surface area contributed by atoms with Crippen molar-refractivity contribution in [3.63, 3.8) is 0 Å². The van der Waals surface area contributed by atoms with Crippen LogP contribution in [0.25, 0.3) is 11.1 Å². The first-order valence-corrected chi connectivity index (χ1v) is 7.78. The van der Waals surface area contributed by atoms with Crippen molar-refractivity contribution in [2.45, 2.75) is 25.1 Å². The fourth-order valence-electron chi connectivity index (χ4n) is 3.04. The molecule has 1 N–H and O–H groups in total. The predicted molar refractivity (Wildman–Crippen MR) is 83.4 cm³/mol. The summed E-state index contributed by atoms with van der Waals surface area (Å²) in [6.07, 6.45) is -2.92. The number of nitrogens with one attached hydrogen (secondary N) is 1. The van der Waals surface area contributed by atoms with E-state index in [4.69, 9.17) is 0 Å². The molecule has 1 aliphatic rings. The predicted octanol–water partition coefficient (Wildman–Crippen LogP) is 4.86. The third kappa shape index (κ3) is 4.26. The van der Waals surface area contributed by atoms with E-state index in [2.05, 4.69) is 10.1 Å². The van der Waals surface area contributed by atoms with Gasteiger partial charge < -0.3 is 10.1 Å². The Hall–Kier alpha value is -2.08. The van der Waals surface area contributed by atoms with E-state index < -0.39 is 6.36 Å². The maximum absolute atomic E-state index is 14.0.